The van der Waals surface area contributed by atoms with Gasteiger partial charge in [-0.15, -0.1) is 11.8 Å². The van der Waals surface area contributed by atoms with Crippen LogP contribution in [-0.2, 0) is 4.79 Å². The van der Waals surface area contributed by atoms with Gasteiger partial charge >= 0.3 is 5.97 Å². The number of hydrogen-bond donors (Lipinski definition) is 1. The van der Waals surface area contributed by atoms with E-state index in [-0.39, 0.29) is 11.5 Å². The fourth-order valence-electron chi connectivity index (χ4n) is 3.00. The minimum atomic E-state index is -0.845. The number of thioether (sulfide) groups is 1. The van der Waals surface area contributed by atoms with Crippen molar-refractivity contribution < 1.29 is 19.4 Å². The Balaban J connectivity index is 1.54. The van der Waals surface area contributed by atoms with Crippen LogP contribution in [0.25, 0.3) is 0 Å². The van der Waals surface area contributed by atoms with Crippen LogP contribution in [0.4, 0.5) is 0 Å². The van der Waals surface area contributed by atoms with E-state index in [2.05, 4.69) is 4.90 Å². The number of carboxylic acid groups (broad SMARTS) is 1. The lowest BCUT2D eigenvalue weighted by Gasteiger charge is -2.21. The molecule has 5 nitrogen and oxygen atoms in total. The van der Waals surface area contributed by atoms with Crippen molar-refractivity contribution in [2.75, 3.05) is 25.4 Å². The number of carbonyl (C=O) groups excluding carboxylic acids is 1. The van der Waals surface area contributed by atoms with Gasteiger partial charge in [-0.25, -0.2) is 0 Å². The zero-order valence-corrected chi connectivity index (χ0v) is 16.6. The first-order chi connectivity index (χ1) is 13.5. The topological polar surface area (TPSA) is 66.8 Å². The van der Waals surface area contributed by atoms with Crippen molar-refractivity contribution in [3.63, 3.8) is 0 Å². The Morgan fingerprint density at radius 2 is 1.96 bits per heavy atom. The van der Waals surface area contributed by atoms with E-state index < -0.39 is 5.97 Å². The molecule has 0 amide bonds. The second kappa shape index (κ2) is 9.46. The summed E-state index contributed by atoms with van der Waals surface area (Å²) in [5.41, 5.74) is 2.57. The maximum Gasteiger partial charge on any atom is 0.313 e. The third kappa shape index (κ3) is 5.39. The highest BCUT2D eigenvalue weighted by atomic mass is 32.2. The van der Waals surface area contributed by atoms with E-state index in [4.69, 9.17) is 9.84 Å². The van der Waals surface area contributed by atoms with Gasteiger partial charge in [0, 0.05) is 17.0 Å². The molecule has 0 radical (unpaired) electrons. The molecule has 2 aromatic carbocycles. The molecule has 146 valence electrons. The molecule has 1 N–H and O–H groups in total. The molecule has 1 heterocycles. The normalized spacial score (nSPS) is 13.3. The third-order valence-electron chi connectivity index (χ3n) is 4.42. The van der Waals surface area contributed by atoms with Crippen molar-refractivity contribution in [2.24, 2.45) is 0 Å². The van der Waals surface area contributed by atoms with E-state index in [9.17, 15) is 9.59 Å². The van der Waals surface area contributed by atoms with Crippen molar-refractivity contribution in [1.29, 1.82) is 0 Å². The molecule has 3 rings (SSSR count). The number of allylic oxidation sites excluding steroid dienone is 1. The molecule has 0 saturated heterocycles. The number of aryl methyl sites for hydroxylation is 1. The lowest BCUT2D eigenvalue weighted by atomic mass is 10.1. The minimum Gasteiger partial charge on any atom is -0.492 e. The molecule has 0 saturated carbocycles. The minimum absolute atomic E-state index is 0.0203. The van der Waals surface area contributed by atoms with Crippen LogP contribution in [0.15, 0.2) is 65.2 Å². The second-order valence-electron chi connectivity index (χ2n) is 6.57. The molecule has 6 heteroatoms. The summed E-state index contributed by atoms with van der Waals surface area (Å²) in [7, 11) is 0. The van der Waals surface area contributed by atoms with Crippen LogP contribution in [-0.4, -0.2) is 47.2 Å². The highest BCUT2D eigenvalue weighted by Gasteiger charge is 2.22. The van der Waals surface area contributed by atoms with Gasteiger partial charge in [0.05, 0.1) is 18.0 Å². The fourth-order valence-corrected chi connectivity index (χ4v) is 3.66. The van der Waals surface area contributed by atoms with Gasteiger partial charge in [0.2, 0.25) is 5.78 Å². The Hall–Kier alpha value is -2.73. The van der Waals surface area contributed by atoms with Crippen LogP contribution in [0.3, 0.4) is 0 Å². The van der Waals surface area contributed by atoms with E-state index in [1.165, 1.54) is 11.8 Å². The van der Waals surface area contributed by atoms with Gasteiger partial charge in [-0.2, -0.15) is 0 Å². The number of carboxylic acids is 1. The highest BCUT2D eigenvalue weighted by Crippen LogP contribution is 2.24. The summed E-state index contributed by atoms with van der Waals surface area (Å²) in [6.07, 6.45) is 2.85. The molecule has 28 heavy (non-hydrogen) atoms. The quantitative estimate of drug-likeness (QED) is 0.509. The first-order valence-electron chi connectivity index (χ1n) is 9.17. The number of Topliss-reactive ketones (excluding diaryl/α,β-unsaturated/α-hetero) is 1. The third-order valence-corrected chi connectivity index (χ3v) is 5.40. The van der Waals surface area contributed by atoms with E-state index in [0.29, 0.717) is 24.5 Å². The predicted octanol–water partition coefficient (Wildman–Crippen LogP) is 4.02. The van der Waals surface area contributed by atoms with Crippen LogP contribution in [0.1, 0.15) is 22.3 Å². The Morgan fingerprint density at radius 3 is 2.71 bits per heavy atom. The Morgan fingerprint density at radius 1 is 1.18 bits per heavy atom. The number of hydrogen-bond acceptors (Lipinski definition) is 5. The Kier molecular flexibility index (Phi) is 6.76. The van der Waals surface area contributed by atoms with Gasteiger partial charge in [-0.3, -0.25) is 9.59 Å². The van der Waals surface area contributed by atoms with E-state index in [1.54, 1.807) is 0 Å². The van der Waals surface area contributed by atoms with Gasteiger partial charge in [0.15, 0.2) is 0 Å². The van der Waals surface area contributed by atoms with Crippen molar-refractivity contribution in [3.8, 4) is 5.75 Å². The van der Waals surface area contributed by atoms with Crippen molar-refractivity contribution in [3.05, 3.63) is 71.4 Å². The maximum absolute atomic E-state index is 12.8. The predicted molar refractivity (Wildman–Crippen MR) is 110 cm³/mol. The second-order valence-corrected chi connectivity index (χ2v) is 7.61. The Bertz CT molecular complexity index is 876. The summed E-state index contributed by atoms with van der Waals surface area (Å²) in [5, 5.41) is 8.78. The van der Waals surface area contributed by atoms with Gasteiger partial charge in [0.1, 0.15) is 12.4 Å². The van der Waals surface area contributed by atoms with E-state index >= 15 is 0 Å². The Labute approximate surface area is 169 Å². The van der Waals surface area contributed by atoms with Crippen LogP contribution in [0.5, 0.6) is 5.75 Å². The van der Waals surface area contributed by atoms with Crippen molar-refractivity contribution >= 4 is 23.5 Å². The van der Waals surface area contributed by atoms with Crippen LogP contribution < -0.4 is 4.74 Å². The van der Waals surface area contributed by atoms with E-state index in [0.717, 1.165) is 29.1 Å². The number of ether oxygens (including phenoxy) is 1. The molecule has 1 aliphatic rings. The monoisotopic (exact) mass is 397 g/mol. The highest BCUT2D eigenvalue weighted by molar-refractivity contribution is 8.00. The van der Waals surface area contributed by atoms with Gasteiger partial charge in [-0.1, -0.05) is 42.0 Å². The van der Waals surface area contributed by atoms with Crippen LogP contribution >= 0.6 is 11.8 Å². The molecule has 0 aliphatic carbocycles. The molecule has 0 spiro atoms. The summed E-state index contributed by atoms with van der Waals surface area (Å²) >= 11 is 1.26. The number of carbonyl (C=O) groups is 2. The number of benzene rings is 2. The molecule has 2 aromatic rings. The van der Waals surface area contributed by atoms with Crippen molar-refractivity contribution in [2.45, 2.75) is 18.2 Å². The summed E-state index contributed by atoms with van der Waals surface area (Å²) in [4.78, 5) is 26.4. The zero-order chi connectivity index (χ0) is 19.9. The summed E-state index contributed by atoms with van der Waals surface area (Å²) in [5.74, 6) is -0.0792. The van der Waals surface area contributed by atoms with E-state index in [1.807, 2.05) is 61.5 Å². The zero-order valence-electron chi connectivity index (χ0n) is 15.8. The van der Waals surface area contributed by atoms with Crippen LogP contribution in [0, 0.1) is 6.92 Å². The molecule has 0 aromatic heterocycles. The van der Waals surface area contributed by atoms with Crippen LogP contribution in [0.2, 0.25) is 0 Å². The standard InChI is InChI=1S/C22H23NO4S/c1-16-7-9-17(10-8-16)22(26)20-6-3-11-23(20)12-13-27-18-4-2-5-19(14-18)28-15-21(24)25/h2,4-10,14H,3,11-13,15H2,1H3,(H,24,25). The number of ketones is 1. The molecular formula is C22H23NO4S. The molecule has 1 aliphatic heterocycles. The first-order valence-corrected chi connectivity index (χ1v) is 10.2. The summed E-state index contributed by atoms with van der Waals surface area (Å²) < 4.78 is 5.82. The average Bonchev–Trinajstić information content (AvgIpc) is 3.15. The lowest BCUT2D eigenvalue weighted by Crippen LogP contribution is -2.29. The van der Waals surface area contributed by atoms with Gasteiger partial charge in [-0.05, 0) is 31.5 Å². The summed E-state index contributed by atoms with van der Waals surface area (Å²) in [6.45, 7) is 3.88. The summed E-state index contributed by atoms with van der Waals surface area (Å²) in [6, 6.07) is 15.0. The smallest absolute Gasteiger partial charge is 0.313 e. The largest absolute Gasteiger partial charge is 0.492 e. The van der Waals surface area contributed by atoms with Crippen molar-refractivity contribution in [1.82, 2.24) is 4.90 Å². The lowest BCUT2D eigenvalue weighted by molar-refractivity contribution is -0.133. The van der Waals surface area contributed by atoms with Gasteiger partial charge in [0.25, 0.3) is 0 Å². The molecule has 0 atom stereocenters. The average molecular weight is 397 g/mol. The molecular weight excluding hydrogens is 374 g/mol. The first kappa shape index (κ1) is 20.0. The fraction of sp³-hybridized carbons (Fsp3) is 0.273. The molecule has 0 bridgehead atoms. The number of rotatable bonds is 9. The maximum atomic E-state index is 12.8. The molecule has 0 fully saturated rings. The SMILES string of the molecule is Cc1ccc(C(=O)C2=CCCN2CCOc2cccc(SCC(=O)O)c2)cc1. The molecule has 0 unspecified atom stereocenters. The number of nitrogens with zero attached hydrogens (tertiary/aromatic N) is 1. The number of aliphatic carboxylic acids is 1. The van der Waals surface area contributed by atoms with Gasteiger partial charge < -0.3 is 14.7 Å².